The Bertz CT molecular complexity index is 1210. The van der Waals surface area contributed by atoms with Gasteiger partial charge in [-0.2, -0.15) is 0 Å². The van der Waals surface area contributed by atoms with Crippen molar-refractivity contribution in [2.45, 2.75) is 25.2 Å². The molecule has 2 aliphatic rings. The van der Waals surface area contributed by atoms with E-state index < -0.39 is 5.41 Å². The van der Waals surface area contributed by atoms with Gasteiger partial charge in [0.25, 0.3) is 0 Å². The van der Waals surface area contributed by atoms with Gasteiger partial charge in [0.05, 0.1) is 23.9 Å². The van der Waals surface area contributed by atoms with Crippen LogP contribution in [0.4, 0.5) is 11.4 Å². The molecule has 1 saturated carbocycles. The summed E-state index contributed by atoms with van der Waals surface area (Å²) < 4.78 is 21.7. The van der Waals surface area contributed by atoms with Crippen molar-refractivity contribution < 1.29 is 28.3 Å². The minimum Gasteiger partial charge on any atom is -0.495 e. The number of carbonyl (C=O) groups is 2. The minimum absolute atomic E-state index is 0.191. The van der Waals surface area contributed by atoms with Gasteiger partial charge in [-0.3, -0.25) is 9.59 Å². The lowest BCUT2D eigenvalue weighted by Crippen LogP contribution is -2.28. The molecule has 0 spiro atoms. The van der Waals surface area contributed by atoms with Crippen molar-refractivity contribution >= 4 is 23.2 Å². The molecule has 1 aromatic heterocycles. The number of nitrogens with one attached hydrogen (secondary N) is 2. The summed E-state index contributed by atoms with van der Waals surface area (Å²) in [4.78, 5) is 24.6. The molecular formula is C23H21N3O6. The van der Waals surface area contributed by atoms with Gasteiger partial charge >= 0.3 is 0 Å². The summed E-state index contributed by atoms with van der Waals surface area (Å²) in [5.41, 5.74) is 1.61. The number of nitrogens with zero attached hydrogens (tertiary/aromatic N) is 1. The van der Waals surface area contributed by atoms with Crippen molar-refractivity contribution in [3.63, 3.8) is 0 Å². The molecule has 0 atom stereocenters. The largest absolute Gasteiger partial charge is 0.495 e. The lowest BCUT2D eigenvalue weighted by Gasteiger charge is -2.16. The van der Waals surface area contributed by atoms with E-state index in [0.29, 0.717) is 52.9 Å². The summed E-state index contributed by atoms with van der Waals surface area (Å²) in [7, 11) is 1.52. The van der Waals surface area contributed by atoms with Gasteiger partial charge in [-0.25, -0.2) is 0 Å². The maximum Gasteiger partial charge on any atom is 0.236 e. The van der Waals surface area contributed by atoms with E-state index in [1.54, 1.807) is 24.3 Å². The number of rotatable bonds is 6. The third-order valence-corrected chi connectivity index (χ3v) is 5.61. The molecule has 9 heteroatoms. The lowest BCUT2D eigenvalue weighted by atomic mass is 10.00. The molecule has 32 heavy (non-hydrogen) atoms. The van der Waals surface area contributed by atoms with Crippen molar-refractivity contribution in [2.75, 3.05) is 24.5 Å². The Labute approximate surface area is 183 Å². The molecule has 1 aliphatic heterocycles. The maximum atomic E-state index is 13.2. The van der Waals surface area contributed by atoms with Crippen molar-refractivity contribution in [1.82, 2.24) is 5.16 Å². The molecular weight excluding hydrogens is 414 g/mol. The third-order valence-electron chi connectivity index (χ3n) is 5.61. The number of fused-ring (bicyclic) bond motifs is 1. The number of benzene rings is 2. The summed E-state index contributed by atoms with van der Waals surface area (Å²) in [6, 6.07) is 12.3. The predicted octanol–water partition coefficient (Wildman–Crippen LogP) is 3.71. The molecule has 0 unspecified atom stereocenters. The van der Waals surface area contributed by atoms with Crippen LogP contribution in [-0.2, 0) is 15.0 Å². The molecule has 0 radical (unpaired) electrons. The topological polar surface area (TPSA) is 112 Å². The summed E-state index contributed by atoms with van der Waals surface area (Å²) in [6.07, 6.45) is 1.30. The van der Waals surface area contributed by atoms with Gasteiger partial charge in [-0.05, 0) is 49.2 Å². The number of amides is 2. The van der Waals surface area contributed by atoms with Crippen LogP contribution < -0.4 is 24.8 Å². The van der Waals surface area contributed by atoms with Gasteiger partial charge in [0.15, 0.2) is 17.3 Å². The number of ether oxygens (including phenoxy) is 3. The normalized spacial score (nSPS) is 15.2. The average molecular weight is 435 g/mol. The van der Waals surface area contributed by atoms with Gasteiger partial charge in [-0.15, -0.1) is 0 Å². The zero-order valence-corrected chi connectivity index (χ0v) is 17.6. The fraction of sp³-hybridized carbons (Fsp3) is 0.261. The first kappa shape index (κ1) is 19.9. The van der Waals surface area contributed by atoms with Gasteiger partial charge in [0.2, 0.25) is 18.6 Å². The molecule has 164 valence electrons. The van der Waals surface area contributed by atoms with E-state index in [2.05, 4.69) is 15.8 Å². The van der Waals surface area contributed by atoms with E-state index in [1.165, 1.54) is 14.0 Å². The second-order valence-corrected chi connectivity index (χ2v) is 7.78. The van der Waals surface area contributed by atoms with Crippen LogP contribution in [0.3, 0.4) is 0 Å². The van der Waals surface area contributed by atoms with Crippen LogP contribution in [0.15, 0.2) is 47.0 Å². The highest BCUT2D eigenvalue weighted by Crippen LogP contribution is 2.50. The molecule has 5 rings (SSSR count). The smallest absolute Gasteiger partial charge is 0.236 e. The molecule has 2 amide bonds. The van der Waals surface area contributed by atoms with Crippen molar-refractivity contribution in [2.24, 2.45) is 0 Å². The zero-order chi connectivity index (χ0) is 22.3. The van der Waals surface area contributed by atoms with Crippen molar-refractivity contribution in [1.29, 1.82) is 0 Å². The molecule has 0 bridgehead atoms. The molecule has 3 aromatic rings. The average Bonchev–Trinajstić information content (AvgIpc) is 3.20. The number of carbonyl (C=O) groups excluding carboxylic acids is 2. The summed E-state index contributed by atoms with van der Waals surface area (Å²) >= 11 is 0. The number of hydrogen-bond donors (Lipinski definition) is 2. The summed E-state index contributed by atoms with van der Waals surface area (Å²) in [5, 5.41) is 9.82. The number of aromatic nitrogens is 1. The van der Waals surface area contributed by atoms with Crippen LogP contribution in [0.5, 0.6) is 17.2 Å². The first-order chi connectivity index (χ1) is 15.5. The van der Waals surface area contributed by atoms with E-state index in [9.17, 15) is 9.59 Å². The van der Waals surface area contributed by atoms with Gasteiger partial charge in [0, 0.05) is 24.2 Å². The Hall–Kier alpha value is -4.01. The first-order valence-corrected chi connectivity index (χ1v) is 10.1. The van der Waals surface area contributed by atoms with E-state index in [4.69, 9.17) is 18.7 Å². The Morgan fingerprint density at radius 3 is 2.59 bits per heavy atom. The molecule has 2 heterocycles. The second kappa shape index (κ2) is 7.60. The molecule has 2 N–H and O–H groups in total. The maximum absolute atomic E-state index is 13.2. The van der Waals surface area contributed by atoms with E-state index in [0.717, 1.165) is 5.56 Å². The predicted molar refractivity (Wildman–Crippen MR) is 115 cm³/mol. The fourth-order valence-corrected chi connectivity index (χ4v) is 3.74. The Balaban J connectivity index is 1.38. The molecule has 2 aromatic carbocycles. The molecule has 1 aliphatic carbocycles. The number of methoxy groups -OCH3 is 1. The number of anilines is 2. The minimum atomic E-state index is -0.771. The second-order valence-electron chi connectivity index (χ2n) is 7.78. The summed E-state index contributed by atoms with van der Waals surface area (Å²) in [6.45, 7) is 1.61. The van der Waals surface area contributed by atoms with Gasteiger partial charge < -0.3 is 29.4 Å². The van der Waals surface area contributed by atoms with Crippen LogP contribution in [0.25, 0.3) is 11.3 Å². The highest BCUT2D eigenvalue weighted by molar-refractivity contribution is 6.02. The van der Waals surface area contributed by atoms with Gasteiger partial charge in [0.1, 0.15) is 5.75 Å². The van der Waals surface area contributed by atoms with Crippen LogP contribution in [0, 0.1) is 0 Å². The van der Waals surface area contributed by atoms with E-state index in [1.807, 2.05) is 18.2 Å². The Kier molecular flexibility index (Phi) is 4.73. The Morgan fingerprint density at radius 2 is 1.84 bits per heavy atom. The fourth-order valence-electron chi connectivity index (χ4n) is 3.74. The van der Waals surface area contributed by atoms with Crippen LogP contribution in [0.1, 0.15) is 25.5 Å². The van der Waals surface area contributed by atoms with Crippen molar-refractivity contribution in [3.05, 3.63) is 48.2 Å². The molecule has 9 nitrogen and oxygen atoms in total. The van der Waals surface area contributed by atoms with Crippen molar-refractivity contribution in [3.8, 4) is 28.6 Å². The summed E-state index contributed by atoms with van der Waals surface area (Å²) in [5.74, 6) is 1.95. The SMILES string of the molecule is COc1ccc(NC(C)=O)cc1NC(=O)C1(c2cc(-c3ccc4c(c3)OCO4)on2)CC1. The third kappa shape index (κ3) is 3.51. The quantitative estimate of drug-likeness (QED) is 0.607. The van der Waals surface area contributed by atoms with E-state index >= 15 is 0 Å². The monoisotopic (exact) mass is 435 g/mol. The highest BCUT2D eigenvalue weighted by Gasteiger charge is 2.54. The Morgan fingerprint density at radius 1 is 1.03 bits per heavy atom. The zero-order valence-electron chi connectivity index (χ0n) is 17.6. The number of hydrogen-bond acceptors (Lipinski definition) is 7. The van der Waals surface area contributed by atoms with Crippen LogP contribution in [-0.4, -0.2) is 30.9 Å². The first-order valence-electron chi connectivity index (χ1n) is 10.1. The van der Waals surface area contributed by atoms with Gasteiger partial charge in [-0.1, -0.05) is 5.16 Å². The lowest BCUT2D eigenvalue weighted by molar-refractivity contribution is -0.118. The van der Waals surface area contributed by atoms with E-state index in [-0.39, 0.29) is 18.6 Å². The van der Waals surface area contributed by atoms with Crippen LogP contribution >= 0.6 is 0 Å². The molecule has 0 saturated heterocycles. The standard InChI is InChI=1S/C23H21N3O6/c1-13(27)24-15-4-6-17(29-2)16(10-15)25-22(28)23(7-8-23)21-11-19(32-26-21)14-3-5-18-20(9-14)31-12-30-18/h3-6,9-11H,7-8,12H2,1-2H3,(H,24,27)(H,25,28). The van der Waals surface area contributed by atoms with Crippen LogP contribution in [0.2, 0.25) is 0 Å². The molecule has 1 fully saturated rings. The highest BCUT2D eigenvalue weighted by atomic mass is 16.7.